The fraction of sp³-hybridized carbons (Fsp3) is 0.846. The molecule has 1 fully saturated rings. The van der Waals surface area contributed by atoms with Crippen LogP contribution < -0.4 is 5.32 Å². The van der Waals surface area contributed by atoms with Crippen molar-refractivity contribution in [3.63, 3.8) is 0 Å². The molecule has 21 heavy (non-hydrogen) atoms. The molecule has 122 valence electrons. The number of aliphatic hydroxyl groups is 2. The second-order valence-electron chi connectivity index (χ2n) is 6.08. The molecule has 0 saturated carbocycles. The van der Waals surface area contributed by atoms with E-state index in [1.54, 1.807) is 13.8 Å². The minimum absolute atomic E-state index is 0.452. The molecule has 0 aliphatic carbocycles. The number of carboxylic acid groups (broad SMARTS) is 1. The summed E-state index contributed by atoms with van der Waals surface area (Å²) in [6.45, 7) is 7.43. The highest BCUT2D eigenvalue weighted by atomic mass is 16.4. The summed E-state index contributed by atoms with van der Waals surface area (Å²) in [6, 6.07) is -1.81. The number of aliphatic carboxylic acids is 1. The van der Waals surface area contributed by atoms with E-state index in [4.69, 9.17) is 5.11 Å². The first-order chi connectivity index (χ1) is 9.60. The van der Waals surface area contributed by atoms with Crippen molar-refractivity contribution in [3.05, 3.63) is 0 Å². The van der Waals surface area contributed by atoms with Gasteiger partial charge in [-0.1, -0.05) is 0 Å². The minimum Gasteiger partial charge on any atom is -0.480 e. The van der Waals surface area contributed by atoms with Gasteiger partial charge in [-0.25, -0.2) is 9.59 Å². The van der Waals surface area contributed by atoms with E-state index in [0.29, 0.717) is 32.7 Å². The summed E-state index contributed by atoms with van der Waals surface area (Å²) in [5.41, 5.74) is -0.787. The lowest BCUT2D eigenvalue weighted by Gasteiger charge is -2.37. The van der Waals surface area contributed by atoms with Crippen LogP contribution in [0.4, 0.5) is 4.79 Å². The Hall–Kier alpha value is -1.38. The topological polar surface area (TPSA) is 113 Å². The molecule has 2 amide bonds. The van der Waals surface area contributed by atoms with Crippen LogP contribution in [0.15, 0.2) is 0 Å². The summed E-state index contributed by atoms with van der Waals surface area (Å²) in [5, 5.41) is 30.4. The molecule has 1 saturated heterocycles. The predicted molar refractivity (Wildman–Crippen MR) is 75.9 cm³/mol. The van der Waals surface area contributed by atoms with Gasteiger partial charge in [-0.15, -0.1) is 0 Å². The molecular formula is C13H25N3O5. The lowest BCUT2D eigenvalue weighted by atomic mass is 10.1. The molecule has 4 N–H and O–H groups in total. The normalized spacial score (nSPS) is 20.0. The van der Waals surface area contributed by atoms with Crippen LogP contribution in [-0.4, -0.2) is 87.6 Å². The zero-order valence-corrected chi connectivity index (χ0v) is 12.7. The first-order valence-electron chi connectivity index (χ1n) is 7.01. The third-order valence-electron chi connectivity index (χ3n) is 3.30. The van der Waals surface area contributed by atoms with Gasteiger partial charge >= 0.3 is 12.0 Å². The molecule has 1 rings (SSSR count). The number of hydrogen-bond donors (Lipinski definition) is 4. The fourth-order valence-corrected chi connectivity index (χ4v) is 2.27. The first-order valence-corrected chi connectivity index (χ1v) is 7.01. The number of urea groups is 1. The quantitative estimate of drug-likeness (QED) is 0.514. The third-order valence-corrected chi connectivity index (χ3v) is 3.30. The molecule has 1 aliphatic heterocycles. The predicted octanol–water partition coefficient (Wildman–Crippen LogP) is -1.08. The number of piperazine rings is 1. The number of aliphatic hydroxyl groups excluding tert-OH is 1. The lowest BCUT2D eigenvalue weighted by molar-refractivity contribution is -0.141. The van der Waals surface area contributed by atoms with Crippen LogP contribution >= 0.6 is 0 Å². The second-order valence-corrected chi connectivity index (χ2v) is 6.08. The highest BCUT2D eigenvalue weighted by Crippen LogP contribution is 2.09. The highest BCUT2D eigenvalue weighted by Gasteiger charge is 2.29. The zero-order chi connectivity index (χ0) is 16.2. The standard InChI is InChI=1S/C13H25N3O5/c1-9(17)10(11(18)19)14-12(20)16-6-4-15(5-7-16)8-13(2,3)21/h9-10,17,21H,4-8H2,1-3H3,(H,14,20)(H,18,19)/t9-,10+/m1/s1. The maximum atomic E-state index is 12.0. The van der Waals surface area contributed by atoms with E-state index < -0.39 is 29.7 Å². The van der Waals surface area contributed by atoms with Crippen LogP contribution in [-0.2, 0) is 4.79 Å². The number of hydrogen-bond acceptors (Lipinski definition) is 5. The molecule has 0 aromatic heterocycles. The van der Waals surface area contributed by atoms with Gasteiger partial charge in [0.2, 0.25) is 0 Å². The number of carbonyl (C=O) groups is 2. The molecule has 1 aliphatic rings. The van der Waals surface area contributed by atoms with Gasteiger partial charge in [0.25, 0.3) is 0 Å². The molecule has 8 heteroatoms. The molecule has 1 heterocycles. The number of nitrogens with zero attached hydrogens (tertiary/aromatic N) is 2. The maximum Gasteiger partial charge on any atom is 0.328 e. The van der Waals surface area contributed by atoms with Gasteiger partial charge in [-0.2, -0.15) is 0 Å². The Kier molecular flexibility index (Phi) is 5.94. The third kappa shape index (κ3) is 5.86. The molecule has 0 radical (unpaired) electrons. The van der Waals surface area contributed by atoms with E-state index in [1.807, 2.05) is 4.90 Å². The summed E-state index contributed by atoms with van der Waals surface area (Å²) in [7, 11) is 0. The van der Waals surface area contributed by atoms with E-state index in [-0.39, 0.29) is 0 Å². The Morgan fingerprint density at radius 2 is 1.76 bits per heavy atom. The van der Waals surface area contributed by atoms with Crippen molar-refractivity contribution in [2.24, 2.45) is 0 Å². The first kappa shape index (κ1) is 17.7. The molecular weight excluding hydrogens is 278 g/mol. The molecule has 2 atom stereocenters. The summed E-state index contributed by atoms with van der Waals surface area (Å²) >= 11 is 0. The molecule has 0 spiro atoms. The molecule has 0 aromatic carbocycles. The number of carbonyl (C=O) groups excluding carboxylic acids is 1. The van der Waals surface area contributed by atoms with Crippen LogP contribution in [0.2, 0.25) is 0 Å². The smallest absolute Gasteiger partial charge is 0.328 e. The Labute approximate surface area is 124 Å². The van der Waals surface area contributed by atoms with Crippen molar-refractivity contribution in [1.82, 2.24) is 15.1 Å². The van der Waals surface area contributed by atoms with E-state index >= 15 is 0 Å². The van der Waals surface area contributed by atoms with Crippen molar-refractivity contribution in [3.8, 4) is 0 Å². The number of rotatable bonds is 5. The Bertz CT molecular complexity index is 372. The minimum atomic E-state index is -1.31. The Morgan fingerprint density at radius 3 is 2.14 bits per heavy atom. The highest BCUT2D eigenvalue weighted by molar-refractivity contribution is 5.83. The van der Waals surface area contributed by atoms with Crippen LogP contribution in [0.25, 0.3) is 0 Å². The number of carboxylic acids is 1. The summed E-state index contributed by atoms with van der Waals surface area (Å²) in [6.07, 6.45) is -1.16. The van der Waals surface area contributed by atoms with Crippen molar-refractivity contribution >= 4 is 12.0 Å². The van der Waals surface area contributed by atoms with Crippen molar-refractivity contribution in [2.75, 3.05) is 32.7 Å². The van der Waals surface area contributed by atoms with Gasteiger partial charge in [-0.05, 0) is 20.8 Å². The molecule has 8 nitrogen and oxygen atoms in total. The monoisotopic (exact) mass is 303 g/mol. The summed E-state index contributed by atoms with van der Waals surface area (Å²) in [4.78, 5) is 26.5. The Morgan fingerprint density at radius 1 is 1.24 bits per heavy atom. The van der Waals surface area contributed by atoms with Crippen LogP contribution in [0.5, 0.6) is 0 Å². The van der Waals surface area contributed by atoms with E-state index in [1.165, 1.54) is 11.8 Å². The molecule has 0 aromatic rings. The van der Waals surface area contributed by atoms with Crippen molar-refractivity contribution < 1.29 is 24.9 Å². The van der Waals surface area contributed by atoms with Crippen molar-refractivity contribution in [1.29, 1.82) is 0 Å². The zero-order valence-electron chi connectivity index (χ0n) is 12.7. The fourth-order valence-electron chi connectivity index (χ4n) is 2.27. The van der Waals surface area contributed by atoms with Crippen molar-refractivity contribution in [2.45, 2.75) is 38.5 Å². The van der Waals surface area contributed by atoms with E-state index in [0.717, 1.165) is 0 Å². The lowest BCUT2D eigenvalue weighted by Crippen LogP contribution is -2.57. The van der Waals surface area contributed by atoms with Gasteiger partial charge < -0.3 is 25.5 Å². The Balaban J connectivity index is 2.46. The number of β-amino-alcohol motifs (C(OH)–C–C–N with tert-alkyl or cyclic N) is 1. The number of nitrogens with one attached hydrogen (secondary N) is 1. The average Bonchev–Trinajstić information content (AvgIpc) is 2.33. The van der Waals surface area contributed by atoms with Gasteiger partial charge in [-0.3, -0.25) is 4.90 Å². The van der Waals surface area contributed by atoms with E-state index in [2.05, 4.69) is 5.32 Å². The van der Waals surface area contributed by atoms with Gasteiger partial charge in [0.15, 0.2) is 6.04 Å². The SMILES string of the molecule is C[C@@H](O)[C@H](NC(=O)N1CCN(CC(C)(C)O)CC1)C(=O)O. The summed E-state index contributed by atoms with van der Waals surface area (Å²) < 4.78 is 0. The van der Waals surface area contributed by atoms with Crippen LogP contribution in [0.1, 0.15) is 20.8 Å². The summed E-state index contributed by atoms with van der Waals surface area (Å²) in [5.74, 6) is -1.26. The van der Waals surface area contributed by atoms with Gasteiger partial charge in [0, 0.05) is 32.7 Å². The maximum absolute atomic E-state index is 12.0. The van der Waals surface area contributed by atoms with Gasteiger partial charge in [0.1, 0.15) is 0 Å². The largest absolute Gasteiger partial charge is 0.480 e. The molecule has 0 unspecified atom stereocenters. The van der Waals surface area contributed by atoms with Gasteiger partial charge in [0.05, 0.1) is 11.7 Å². The molecule has 0 bridgehead atoms. The average molecular weight is 303 g/mol. The second kappa shape index (κ2) is 7.06. The van der Waals surface area contributed by atoms with Crippen LogP contribution in [0, 0.1) is 0 Å². The van der Waals surface area contributed by atoms with Crippen LogP contribution in [0.3, 0.4) is 0 Å². The van der Waals surface area contributed by atoms with E-state index in [9.17, 15) is 19.8 Å². The number of amides is 2.